The molecular formula is C38H68O4Sn. The minimum Gasteiger partial charge on any atom is -0.550 e. The fourth-order valence-electron chi connectivity index (χ4n) is 4.20. The van der Waals surface area contributed by atoms with Gasteiger partial charge in [0, 0.05) is 11.5 Å². The van der Waals surface area contributed by atoms with Gasteiger partial charge >= 0.3 is 23.9 Å². The molecular weight excluding hydrogens is 639 g/mol. The second-order valence-electron chi connectivity index (χ2n) is 11.1. The van der Waals surface area contributed by atoms with Crippen molar-refractivity contribution < 1.29 is 19.8 Å². The van der Waals surface area contributed by atoms with Gasteiger partial charge in [-0.1, -0.05) is 201 Å². The number of aliphatic carboxylic acids is 1. The van der Waals surface area contributed by atoms with Crippen LogP contribution in [-0.2, 0) is 11.2 Å². The van der Waals surface area contributed by atoms with Gasteiger partial charge in [0.25, 0.3) is 0 Å². The van der Waals surface area contributed by atoms with Crippen molar-refractivity contribution >= 4 is 35.8 Å². The Morgan fingerprint density at radius 2 is 0.884 bits per heavy atom. The Hall–Kier alpha value is -1.04. The molecule has 0 saturated heterocycles. The van der Waals surface area contributed by atoms with Gasteiger partial charge in [0.15, 0.2) is 0 Å². The summed E-state index contributed by atoms with van der Waals surface area (Å²) in [5, 5.41) is 20.7. The summed E-state index contributed by atoms with van der Waals surface area (Å²) in [5.41, 5.74) is 1.13. The van der Waals surface area contributed by atoms with Crippen LogP contribution in [0.15, 0.2) is 24.3 Å². The summed E-state index contributed by atoms with van der Waals surface area (Å²) in [7, 11) is 0. The zero-order chi connectivity index (χ0) is 32.1. The van der Waals surface area contributed by atoms with E-state index in [-0.39, 0.29) is 30.3 Å². The summed E-state index contributed by atoms with van der Waals surface area (Å²) in [6.45, 7) is 15.6. The molecule has 0 saturated carbocycles. The Balaban J connectivity index is -0.000000312. The van der Waals surface area contributed by atoms with Crippen LogP contribution in [0.25, 0.3) is 0 Å². The summed E-state index contributed by atoms with van der Waals surface area (Å²) in [6.07, 6.45) is 29.6. The van der Waals surface area contributed by atoms with E-state index in [0.29, 0.717) is 5.56 Å². The number of benzene rings is 1. The molecule has 5 heteroatoms. The molecule has 1 aromatic carbocycles. The molecule has 4 nitrogen and oxygen atoms in total. The number of carbonyl (C=O) groups is 2. The van der Waals surface area contributed by atoms with Crippen molar-refractivity contribution in [2.45, 2.75) is 182 Å². The van der Waals surface area contributed by atoms with Crippen LogP contribution in [0.2, 0.25) is 0 Å². The first-order valence-corrected chi connectivity index (χ1v) is 17.4. The maximum Gasteiger partial charge on any atom is 2.00 e. The summed E-state index contributed by atoms with van der Waals surface area (Å²) >= 11 is 0. The zero-order valence-corrected chi connectivity index (χ0v) is 31.7. The molecule has 0 amide bonds. The van der Waals surface area contributed by atoms with E-state index < -0.39 is 11.9 Å². The van der Waals surface area contributed by atoms with Gasteiger partial charge in [0.05, 0.1) is 5.97 Å². The molecule has 0 N–H and O–H groups in total. The van der Waals surface area contributed by atoms with Gasteiger partial charge in [0.1, 0.15) is 0 Å². The fourth-order valence-corrected chi connectivity index (χ4v) is 4.20. The average Bonchev–Trinajstić information content (AvgIpc) is 3.00. The van der Waals surface area contributed by atoms with Crippen molar-refractivity contribution in [1.82, 2.24) is 0 Å². The van der Waals surface area contributed by atoms with Crippen molar-refractivity contribution in [2.24, 2.45) is 0 Å². The molecule has 0 spiro atoms. The van der Waals surface area contributed by atoms with Crippen LogP contribution in [0.3, 0.4) is 0 Å². The van der Waals surface area contributed by atoms with Crippen LogP contribution in [0.5, 0.6) is 0 Å². The van der Waals surface area contributed by atoms with E-state index in [0.717, 1.165) is 37.7 Å². The first-order valence-electron chi connectivity index (χ1n) is 17.4. The molecule has 0 bridgehead atoms. The molecule has 1 rings (SSSR count). The maximum atomic E-state index is 10.5. The van der Waals surface area contributed by atoms with Gasteiger partial charge in [0.2, 0.25) is 0 Å². The molecule has 0 aliphatic carbocycles. The van der Waals surface area contributed by atoms with Gasteiger partial charge in [-0.05, 0) is 24.8 Å². The third kappa shape index (κ3) is 43.1. The van der Waals surface area contributed by atoms with Crippen LogP contribution in [0.4, 0.5) is 0 Å². The third-order valence-corrected chi connectivity index (χ3v) is 7.06. The molecule has 1 aromatic rings. The van der Waals surface area contributed by atoms with Gasteiger partial charge in [-0.25, -0.2) is 0 Å². The fraction of sp³-hybridized carbons (Fsp3) is 0.737. The van der Waals surface area contributed by atoms with E-state index in [9.17, 15) is 19.8 Å². The van der Waals surface area contributed by atoms with Crippen molar-refractivity contribution in [3.63, 3.8) is 0 Å². The standard InChI is InChI=1S/C21H42O2.C9H10O2.2C4H9.Sn/c1-2-3-4-5-6-7-8-9-10-11-12-13-14-15-16-17-18-19-20-21(22)23;1-2-7-5-3-4-6-8(7)9(10)11;2*1-3-4-2;/h2-20H2,1H3,(H,22,23);3-6H,2H2,1H3,(H,10,11);2*1,3-4H2,2H3;/q;;;;+2/p-2. The van der Waals surface area contributed by atoms with Crippen LogP contribution >= 0.6 is 0 Å². The van der Waals surface area contributed by atoms with Crippen molar-refractivity contribution in [3.8, 4) is 0 Å². The second-order valence-corrected chi connectivity index (χ2v) is 11.1. The topological polar surface area (TPSA) is 80.3 Å². The molecule has 0 unspecified atom stereocenters. The smallest absolute Gasteiger partial charge is 0.550 e. The Morgan fingerprint density at radius 3 is 1.14 bits per heavy atom. The average molecular weight is 708 g/mol. The Bertz CT molecular complexity index is 670. The SMILES string of the molecule is CCCCCCCCCCCCCCCCCCCCC(=O)[O-].CCc1ccccc1C(=O)[O-].[CH2]CCC.[CH2]CCC.[Sn+2]. The summed E-state index contributed by atoms with van der Waals surface area (Å²) in [5.74, 6) is -2.00. The number of aromatic carboxylic acids is 1. The molecule has 4 radical (unpaired) electrons. The molecule has 0 heterocycles. The first-order chi connectivity index (χ1) is 20.4. The molecule has 0 atom stereocenters. The largest absolute Gasteiger partial charge is 2.00 e. The predicted molar refractivity (Wildman–Crippen MR) is 185 cm³/mol. The summed E-state index contributed by atoms with van der Waals surface area (Å²) in [4.78, 5) is 20.7. The molecule has 43 heavy (non-hydrogen) atoms. The maximum absolute atomic E-state index is 10.5. The quantitative estimate of drug-likeness (QED) is 0.0839. The van der Waals surface area contributed by atoms with Crippen molar-refractivity contribution in [1.29, 1.82) is 0 Å². The number of carboxylic acid groups (broad SMARTS) is 2. The number of aryl methyl sites for hydroxylation is 1. The molecule has 0 aromatic heterocycles. The summed E-state index contributed by atoms with van der Waals surface area (Å²) in [6, 6.07) is 6.88. The van der Waals surface area contributed by atoms with Gasteiger partial charge in [-0.3, -0.25) is 0 Å². The van der Waals surface area contributed by atoms with Crippen molar-refractivity contribution in [2.75, 3.05) is 0 Å². The monoisotopic (exact) mass is 708 g/mol. The Morgan fingerprint density at radius 1 is 0.558 bits per heavy atom. The van der Waals surface area contributed by atoms with Crippen LogP contribution in [0.1, 0.15) is 191 Å². The minimum absolute atomic E-state index is 0. The number of hydrogen-bond donors (Lipinski definition) is 0. The van der Waals surface area contributed by atoms with Gasteiger partial charge < -0.3 is 19.8 Å². The predicted octanol–water partition coefficient (Wildman–Crippen LogP) is 9.64. The van der Waals surface area contributed by atoms with Gasteiger partial charge in [-0.2, -0.15) is 0 Å². The summed E-state index contributed by atoms with van der Waals surface area (Å²) < 4.78 is 0. The third-order valence-electron chi connectivity index (χ3n) is 7.06. The minimum atomic E-state index is -1.09. The number of carbonyl (C=O) groups excluding carboxylic acids is 2. The number of carboxylic acids is 2. The first kappa shape index (κ1) is 48.9. The van der Waals surface area contributed by atoms with E-state index in [1.54, 1.807) is 18.2 Å². The molecule has 0 fully saturated rings. The second kappa shape index (κ2) is 43.1. The normalized spacial score (nSPS) is 9.72. The van der Waals surface area contributed by atoms with Crippen LogP contribution in [0, 0.1) is 13.8 Å². The molecule has 248 valence electrons. The van der Waals surface area contributed by atoms with E-state index in [4.69, 9.17) is 0 Å². The van der Waals surface area contributed by atoms with Crippen LogP contribution in [-0.4, -0.2) is 35.8 Å². The van der Waals surface area contributed by atoms with E-state index >= 15 is 0 Å². The van der Waals surface area contributed by atoms with E-state index in [2.05, 4.69) is 34.6 Å². The Kier molecular flexibility index (Phi) is 49.0. The van der Waals surface area contributed by atoms with E-state index in [1.807, 2.05) is 13.0 Å². The van der Waals surface area contributed by atoms with Crippen molar-refractivity contribution in [3.05, 3.63) is 49.2 Å². The zero-order valence-electron chi connectivity index (χ0n) is 28.8. The Labute approximate surface area is 285 Å². The van der Waals surface area contributed by atoms with Gasteiger partial charge in [-0.15, -0.1) is 0 Å². The number of rotatable bonds is 23. The molecule has 0 aliphatic heterocycles. The van der Waals surface area contributed by atoms with E-state index in [1.165, 1.54) is 116 Å². The van der Waals surface area contributed by atoms with Crippen LogP contribution < -0.4 is 10.2 Å². The molecule has 0 aliphatic rings. The number of unbranched alkanes of at least 4 members (excludes halogenated alkanes) is 19. The number of hydrogen-bond acceptors (Lipinski definition) is 4.